The monoisotopic (exact) mass is 205 g/mol. The molecule has 1 saturated heterocycles. The first-order chi connectivity index (χ1) is 7.29. The minimum Gasteiger partial charge on any atom is -0.363 e. The fraction of sp³-hybridized carbons (Fsp3) is 0.583. The summed E-state index contributed by atoms with van der Waals surface area (Å²) in [6.45, 7) is 2.25. The van der Waals surface area contributed by atoms with Gasteiger partial charge in [0, 0.05) is 32.8 Å². The van der Waals surface area contributed by atoms with Crippen molar-refractivity contribution in [1.29, 1.82) is 0 Å². The zero-order chi connectivity index (χ0) is 10.7. The lowest BCUT2D eigenvalue weighted by Gasteiger charge is -2.26. The zero-order valence-corrected chi connectivity index (χ0v) is 9.53. The topological polar surface area (TPSA) is 28.2 Å². The number of nitrogens with zero attached hydrogens (tertiary/aromatic N) is 2. The van der Waals surface area contributed by atoms with Gasteiger partial charge in [-0.3, -0.25) is 0 Å². The molecule has 2 rings (SSSR count). The van der Waals surface area contributed by atoms with Gasteiger partial charge < -0.3 is 10.2 Å². The van der Waals surface area contributed by atoms with Gasteiger partial charge in [-0.05, 0) is 31.0 Å². The van der Waals surface area contributed by atoms with E-state index in [-0.39, 0.29) is 0 Å². The summed E-state index contributed by atoms with van der Waals surface area (Å²) in [4.78, 5) is 6.55. The van der Waals surface area contributed by atoms with E-state index >= 15 is 0 Å². The van der Waals surface area contributed by atoms with Crippen LogP contribution in [-0.4, -0.2) is 32.2 Å². The van der Waals surface area contributed by atoms with Gasteiger partial charge in [0.05, 0.1) is 0 Å². The van der Waals surface area contributed by atoms with Gasteiger partial charge in [0.1, 0.15) is 5.82 Å². The molecular weight excluding hydrogens is 186 g/mol. The summed E-state index contributed by atoms with van der Waals surface area (Å²) in [6.07, 6.45) is 4.42. The van der Waals surface area contributed by atoms with E-state index < -0.39 is 0 Å². The maximum absolute atomic E-state index is 4.45. The second kappa shape index (κ2) is 4.62. The number of anilines is 1. The number of piperidine rings is 1. The van der Waals surface area contributed by atoms with Crippen LogP contribution in [0.25, 0.3) is 0 Å². The van der Waals surface area contributed by atoms with Crippen molar-refractivity contribution in [1.82, 2.24) is 10.3 Å². The van der Waals surface area contributed by atoms with E-state index in [1.807, 2.05) is 12.3 Å². The molecule has 1 aromatic heterocycles. The van der Waals surface area contributed by atoms with E-state index in [1.165, 1.54) is 18.4 Å². The Morgan fingerprint density at radius 3 is 3.00 bits per heavy atom. The van der Waals surface area contributed by atoms with E-state index in [1.54, 1.807) is 0 Å². The third-order valence-corrected chi connectivity index (χ3v) is 2.98. The van der Waals surface area contributed by atoms with E-state index in [9.17, 15) is 0 Å². The van der Waals surface area contributed by atoms with Crippen LogP contribution in [0.4, 0.5) is 5.82 Å². The molecule has 0 spiro atoms. The summed E-state index contributed by atoms with van der Waals surface area (Å²) in [5, 5.41) is 3.45. The molecule has 1 aliphatic rings. The molecule has 0 bridgehead atoms. The predicted octanol–water partition coefficient (Wildman–Crippen LogP) is 1.61. The predicted molar refractivity (Wildman–Crippen MR) is 63.4 cm³/mol. The summed E-state index contributed by atoms with van der Waals surface area (Å²) in [6, 6.07) is 4.25. The van der Waals surface area contributed by atoms with Crippen LogP contribution in [-0.2, 0) is 0 Å². The van der Waals surface area contributed by atoms with Crippen LogP contribution in [0.3, 0.4) is 0 Å². The van der Waals surface area contributed by atoms with Crippen LogP contribution < -0.4 is 10.2 Å². The molecule has 0 amide bonds. The molecule has 1 unspecified atom stereocenters. The van der Waals surface area contributed by atoms with Crippen molar-refractivity contribution < 1.29 is 0 Å². The average Bonchev–Trinajstić information content (AvgIpc) is 2.30. The second-order valence-corrected chi connectivity index (χ2v) is 4.35. The Kier molecular flexibility index (Phi) is 3.21. The van der Waals surface area contributed by atoms with Crippen LogP contribution in [0.2, 0.25) is 0 Å². The number of hydrogen-bond acceptors (Lipinski definition) is 3. The van der Waals surface area contributed by atoms with Crippen molar-refractivity contribution in [3.8, 4) is 0 Å². The highest BCUT2D eigenvalue weighted by molar-refractivity contribution is 5.47. The van der Waals surface area contributed by atoms with Gasteiger partial charge in [-0.25, -0.2) is 4.98 Å². The van der Waals surface area contributed by atoms with Crippen LogP contribution in [0, 0.1) is 0 Å². The lowest BCUT2D eigenvalue weighted by molar-refractivity contribution is 0.461. The summed E-state index contributed by atoms with van der Waals surface area (Å²) in [5.41, 5.74) is 1.38. The van der Waals surface area contributed by atoms with Gasteiger partial charge in [-0.2, -0.15) is 0 Å². The quantitative estimate of drug-likeness (QED) is 0.795. The van der Waals surface area contributed by atoms with E-state index in [4.69, 9.17) is 0 Å². The maximum Gasteiger partial charge on any atom is 0.131 e. The number of hydrogen-bond donors (Lipinski definition) is 1. The second-order valence-electron chi connectivity index (χ2n) is 4.35. The van der Waals surface area contributed by atoms with Crippen molar-refractivity contribution in [3.05, 3.63) is 23.9 Å². The highest BCUT2D eigenvalue weighted by atomic mass is 15.1. The van der Waals surface area contributed by atoms with Gasteiger partial charge in [-0.15, -0.1) is 0 Å². The maximum atomic E-state index is 4.45. The molecule has 3 nitrogen and oxygen atoms in total. The first-order valence-electron chi connectivity index (χ1n) is 5.62. The van der Waals surface area contributed by atoms with Gasteiger partial charge >= 0.3 is 0 Å². The van der Waals surface area contributed by atoms with Crippen LogP contribution in [0.5, 0.6) is 0 Å². The van der Waals surface area contributed by atoms with Crippen LogP contribution in [0.15, 0.2) is 18.3 Å². The van der Waals surface area contributed by atoms with E-state index in [0.29, 0.717) is 5.92 Å². The lowest BCUT2D eigenvalue weighted by Crippen LogP contribution is -2.29. The number of pyridine rings is 1. The normalized spacial score (nSPS) is 21.3. The molecule has 82 valence electrons. The van der Waals surface area contributed by atoms with Gasteiger partial charge in [0.25, 0.3) is 0 Å². The Morgan fingerprint density at radius 2 is 2.33 bits per heavy atom. The Morgan fingerprint density at radius 1 is 1.47 bits per heavy atom. The Labute approximate surface area is 91.5 Å². The first-order valence-corrected chi connectivity index (χ1v) is 5.62. The van der Waals surface area contributed by atoms with Gasteiger partial charge in [0.2, 0.25) is 0 Å². The number of rotatable bonds is 2. The smallest absolute Gasteiger partial charge is 0.131 e. The zero-order valence-electron chi connectivity index (χ0n) is 9.53. The van der Waals surface area contributed by atoms with Crippen molar-refractivity contribution in [3.63, 3.8) is 0 Å². The molecule has 0 radical (unpaired) electrons. The van der Waals surface area contributed by atoms with E-state index in [2.05, 4.69) is 35.4 Å². The lowest BCUT2D eigenvalue weighted by atomic mass is 9.92. The van der Waals surface area contributed by atoms with Gasteiger partial charge in [-0.1, -0.05) is 6.07 Å². The highest BCUT2D eigenvalue weighted by Crippen LogP contribution is 2.28. The Balaban J connectivity index is 2.25. The molecule has 0 aromatic carbocycles. The minimum atomic E-state index is 0.629. The van der Waals surface area contributed by atoms with Crippen molar-refractivity contribution >= 4 is 5.82 Å². The molecule has 3 heteroatoms. The number of aromatic nitrogens is 1. The van der Waals surface area contributed by atoms with Crippen LogP contribution in [0.1, 0.15) is 24.3 Å². The third-order valence-electron chi connectivity index (χ3n) is 2.98. The fourth-order valence-corrected chi connectivity index (χ4v) is 2.22. The number of nitrogens with one attached hydrogen (secondary N) is 1. The molecule has 1 fully saturated rings. The third kappa shape index (κ3) is 2.29. The fourth-order valence-electron chi connectivity index (χ4n) is 2.22. The highest BCUT2D eigenvalue weighted by Gasteiger charge is 2.19. The average molecular weight is 205 g/mol. The molecular formula is C12H19N3. The molecule has 15 heavy (non-hydrogen) atoms. The molecule has 0 aliphatic carbocycles. The minimum absolute atomic E-state index is 0.629. The van der Waals surface area contributed by atoms with Crippen molar-refractivity contribution in [2.75, 3.05) is 32.1 Å². The standard InChI is InChI=1S/C12H19N3/c1-15(2)12-11(6-4-8-14-12)10-5-3-7-13-9-10/h4,6,8,10,13H,3,5,7,9H2,1-2H3. The summed E-state index contributed by atoms with van der Waals surface area (Å²) < 4.78 is 0. The molecule has 2 heterocycles. The van der Waals surface area contributed by atoms with Crippen molar-refractivity contribution in [2.45, 2.75) is 18.8 Å². The molecule has 1 atom stereocenters. The Bertz CT molecular complexity index is 316. The Hall–Kier alpha value is -1.09. The summed E-state index contributed by atoms with van der Waals surface area (Å²) in [5.74, 6) is 1.75. The summed E-state index contributed by atoms with van der Waals surface area (Å²) >= 11 is 0. The van der Waals surface area contributed by atoms with Crippen molar-refractivity contribution in [2.24, 2.45) is 0 Å². The first kappa shape index (κ1) is 10.4. The molecule has 1 aliphatic heterocycles. The van der Waals surface area contributed by atoms with Crippen LogP contribution >= 0.6 is 0 Å². The SMILES string of the molecule is CN(C)c1ncccc1C1CCCNC1. The largest absolute Gasteiger partial charge is 0.363 e. The van der Waals surface area contributed by atoms with E-state index in [0.717, 1.165) is 18.9 Å². The molecule has 1 aromatic rings. The van der Waals surface area contributed by atoms with Gasteiger partial charge in [0.15, 0.2) is 0 Å². The summed E-state index contributed by atoms with van der Waals surface area (Å²) in [7, 11) is 4.12. The molecule has 0 saturated carbocycles. The molecule has 1 N–H and O–H groups in total.